The maximum atomic E-state index is 13.1. The molecule has 0 amide bonds. The number of rotatable bonds is 2. The maximum absolute atomic E-state index is 13.1. The molecular formula is C14H10ClFO2. The van der Waals surface area contributed by atoms with Crippen LogP contribution in [0, 0.1) is 5.82 Å². The summed E-state index contributed by atoms with van der Waals surface area (Å²) in [5.74, 6) is -0.813. The fraction of sp³-hybridized carbons (Fsp3) is 0.0714. The van der Waals surface area contributed by atoms with E-state index in [-0.39, 0.29) is 10.8 Å². The van der Waals surface area contributed by atoms with E-state index in [0.29, 0.717) is 11.1 Å². The zero-order valence-corrected chi connectivity index (χ0v) is 10.4. The van der Waals surface area contributed by atoms with Gasteiger partial charge in [-0.15, -0.1) is 0 Å². The SMILES string of the molecule is COC(=O)c1ccc(-c2cccc(F)c2)cc1Cl. The number of methoxy groups -OCH3 is 1. The highest BCUT2D eigenvalue weighted by Gasteiger charge is 2.11. The topological polar surface area (TPSA) is 26.3 Å². The van der Waals surface area contributed by atoms with Crippen LogP contribution in [0.5, 0.6) is 0 Å². The van der Waals surface area contributed by atoms with Gasteiger partial charge < -0.3 is 4.74 Å². The predicted molar refractivity (Wildman–Crippen MR) is 68.2 cm³/mol. The van der Waals surface area contributed by atoms with Gasteiger partial charge in [0.1, 0.15) is 5.82 Å². The first kappa shape index (κ1) is 12.6. The first-order chi connectivity index (χ1) is 8.61. The monoisotopic (exact) mass is 264 g/mol. The highest BCUT2D eigenvalue weighted by molar-refractivity contribution is 6.33. The third kappa shape index (κ3) is 2.51. The molecule has 2 aromatic rings. The van der Waals surface area contributed by atoms with Crippen LogP contribution in [0.15, 0.2) is 42.5 Å². The van der Waals surface area contributed by atoms with E-state index in [1.165, 1.54) is 19.2 Å². The van der Waals surface area contributed by atoms with Crippen molar-refractivity contribution in [3.63, 3.8) is 0 Å². The number of hydrogen-bond acceptors (Lipinski definition) is 2. The Morgan fingerprint density at radius 2 is 1.89 bits per heavy atom. The third-order valence-electron chi connectivity index (χ3n) is 2.53. The molecule has 0 bridgehead atoms. The van der Waals surface area contributed by atoms with Crippen LogP contribution in [-0.2, 0) is 4.74 Å². The summed E-state index contributed by atoms with van der Waals surface area (Å²) in [6.45, 7) is 0. The molecule has 0 saturated carbocycles. The van der Waals surface area contributed by atoms with Gasteiger partial charge in [-0.25, -0.2) is 9.18 Å². The van der Waals surface area contributed by atoms with Gasteiger partial charge in [0.2, 0.25) is 0 Å². The predicted octanol–water partition coefficient (Wildman–Crippen LogP) is 3.93. The minimum absolute atomic E-state index is 0.281. The molecule has 0 fully saturated rings. The molecule has 4 heteroatoms. The number of ether oxygens (including phenoxy) is 1. The van der Waals surface area contributed by atoms with Crippen LogP contribution in [0.25, 0.3) is 11.1 Å². The van der Waals surface area contributed by atoms with Crippen molar-refractivity contribution in [1.82, 2.24) is 0 Å². The van der Waals surface area contributed by atoms with Crippen molar-refractivity contribution in [3.8, 4) is 11.1 Å². The minimum atomic E-state index is -0.495. The summed E-state index contributed by atoms with van der Waals surface area (Å²) in [6, 6.07) is 11.0. The van der Waals surface area contributed by atoms with Crippen molar-refractivity contribution in [2.75, 3.05) is 7.11 Å². The van der Waals surface area contributed by atoms with E-state index in [1.54, 1.807) is 30.3 Å². The average molecular weight is 265 g/mol. The Hall–Kier alpha value is -1.87. The zero-order valence-electron chi connectivity index (χ0n) is 9.61. The fourth-order valence-electron chi connectivity index (χ4n) is 1.64. The lowest BCUT2D eigenvalue weighted by molar-refractivity contribution is 0.0601. The van der Waals surface area contributed by atoms with Crippen LogP contribution >= 0.6 is 11.6 Å². The molecule has 0 aromatic heterocycles. The second-order valence-corrected chi connectivity index (χ2v) is 4.10. The van der Waals surface area contributed by atoms with E-state index in [1.807, 2.05) is 0 Å². The van der Waals surface area contributed by atoms with Gasteiger partial charge in [-0.2, -0.15) is 0 Å². The molecule has 18 heavy (non-hydrogen) atoms. The van der Waals surface area contributed by atoms with Crippen LogP contribution in [-0.4, -0.2) is 13.1 Å². The van der Waals surface area contributed by atoms with Crippen molar-refractivity contribution in [2.45, 2.75) is 0 Å². The van der Waals surface area contributed by atoms with Crippen LogP contribution in [0.4, 0.5) is 4.39 Å². The number of carbonyl (C=O) groups excluding carboxylic acids is 1. The van der Waals surface area contributed by atoms with Gasteiger partial charge in [0, 0.05) is 0 Å². The van der Waals surface area contributed by atoms with E-state index in [2.05, 4.69) is 4.74 Å². The molecule has 2 aromatic carbocycles. The molecule has 0 radical (unpaired) electrons. The molecule has 0 aliphatic heterocycles. The first-order valence-electron chi connectivity index (χ1n) is 5.25. The summed E-state index contributed by atoms with van der Waals surface area (Å²) in [5.41, 5.74) is 1.74. The Morgan fingerprint density at radius 3 is 2.50 bits per heavy atom. The van der Waals surface area contributed by atoms with Gasteiger partial charge in [0.25, 0.3) is 0 Å². The summed E-state index contributed by atoms with van der Waals surface area (Å²) in [7, 11) is 1.29. The Morgan fingerprint density at radius 1 is 1.17 bits per heavy atom. The van der Waals surface area contributed by atoms with Gasteiger partial charge in [-0.3, -0.25) is 0 Å². The standard InChI is InChI=1S/C14H10ClFO2/c1-18-14(17)12-6-5-10(8-13(12)15)9-3-2-4-11(16)7-9/h2-8H,1H3. The lowest BCUT2D eigenvalue weighted by atomic mass is 10.0. The first-order valence-corrected chi connectivity index (χ1v) is 5.63. The van der Waals surface area contributed by atoms with Crippen LogP contribution in [0.1, 0.15) is 10.4 Å². The zero-order chi connectivity index (χ0) is 13.1. The molecule has 0 unspecified atom stereocenters. The molecule has 0 N–H and O–H groups in total. The van der Waals surface area contributed by atoms with Gasteiger partial charge >= 0.3 is 5.97 Å². The summed E-state index contributed by atoms with van der Waals surface area (Å²) in [6.07, 6.45) is 0. The van der Waals surface area contributed by atoms with E-state index >= 15 is 0 Å². The van der Waals surface area contributed by atoms with Crippen LogP contribution in [0.2, 0.25) is 5.02 Å². The molecule has 0 aliphatic carbocycles. The van der Waals surface area contributed by atoms with Crippen molar-refractivity contribution in [1.29, 1.82) is 0 Å². The van der Waals surface area contributed by atoms with Crippen LogP contribution < -0.4 is 0 Å². The molecule has 0 spiro atoms. The fourth-order valence-corrected chi connectivity index (χ4v) is 1.90. The lowest BCUT2D eigenvalue weighted by Crippen LogP contribution is -2.01. The number of halogens is 2. The van der Waals surface area contributed by atoms with Crippen molar-refractivity contribution >= 4 is 17.6 Å². The highest BCUT2D eigenvalue weighted by atomic mass is 35.5. The highest BCUT2D eigenvalue weighted by Crippen LogP contribution is 2.26. The summed E-state index contributed by atoms with van der Waals surface area (Å²) < 4.78 is 17.7. The quantitative estimate of drug-likeness (QED) is 0.768. The molecular weight excluding hydrogens is 255 g/mol. The number of esters is 1. The van der Waals surface area contributed by atoms with E-state index in [9.17, 15) is 9.18 Å². The Balaban J connectivity index is 2.43. The molecule has 0 atom stereocenters. The van der Waals surface area contributed by atoms with E-state index < -0.39 is 5.97 Å². The second-order valence-electron chi connectivity index (χ2n) is 3.70. The van der Waals surface area contributed by atoms with E-state index in [0.717, 1.165) is 5.56 Å². The van der Waals surface area contributed by atoms with Gasteiger partial charge in [0.05, 0.1) is 17.7 Å². The van der Waals surface area contributed by atoms with Crippen molar-refractivity contribution in [3.05, 3.63) is 58.9 Å². The normalized spacial score (nSPS) is 10.2. The van der Waals surface area contributed by atoms with Gasteiger partial charge in [-0.05, 0) is 35.4 Å². The summed E-state index contributed by atoms with van der Waals surface area (Å²) in [4.78, 5) is 11.4. The van der Waals surface area contributed by atoms with Crippen molar-refractivity contribution < 1.29 is 13.9 Å². The summed E-state index contributed by atoms with van der Waals surface area (Å²) in [5, 5.41) is 0.281. The molecule has 0 saturated heterocycles. The van der Waals surface area contributed by atoms with Gasteiger partial charge in [0.15, 0.2) is 0 Å². The molecule has 2 nitrogen and oxygen atoms in total. The van der Waals surface area contributed by atoms with E-state index in [4.69, 9.17) is 11.6 Å². The van der Waals surface area contributed by atoms with Gasteiger partial charge in [-0.1, -0.05) is 29.8 Å². The Kier molecular flexibility index (Phi) is 3.63. The number of hydrogen-bond donors (Lipinski definition) is 0. The Labute approximate surface area is 109 Å². The van der Waals surface area contributed by atoms with Crippen molar-refractivity contribution in [2.24, 2.45) is 0 Å². The smallest absolute Gasteiger partial charge is 0.339 e. The average Bonchev–Trinajstić information content (AvgIpc) is 2.37. The number of benzene rings is 2. The third-order valence-corrected chi connectivity index (χ3v) is 2.85. The summed E-state index contributed by atoms with van der Waals surface area (Å²) >= 11 is 6.00. The Bertz CT molecular complexity index is 596. The largest absolute Gasteiger partial charge is 0.465 e. The molecule has 0 aliphatic rings. The molecule has 2 rings (SSSR count). The molecule has 0 heterocycles. The van der Waals surface area contributed by atoms with Crippen LogP contribution in [0.3, 0.4) is 0 Å². The lowest BCUT2D eigenvalue weighted by Gasteiger charge is -2.06. The second kappa shape index (κ2) is 5.19. The maximum Gasteiger partial charge on any atom is 0.339 e. The number of carbonyl (C=O) groups is 1. The minimum Gasteiger partial charge on any atom is -0.465 e. The molecule has 92 valence electrons.